The molecule has 0 fully saturated rings. The predicted octanol–water partition coefficient (Wildman–Crippen LogP) is 2.65. The van der Waals surface area contributed by atoms with Gasteiger partial charge in [0.1, 0.15) is 12.4 Å². The number of para-hydroxylation sites is 1. The molecule has 96 valence electrons. The van der Waals surface area contributed by atoms with Crippen LogP contribution in [0, 0.1) is 0 Å². The smallest absolute Gasteiger partial charge is 0.175 e. The van der Waals surface area contributed by atoms with Gasteiger partial charge in [0, 0.05) is 18.0 Å². The zero-order valence-electron chi connectivity index (χ0n) is 9.95. The predicted molar refractivity (Wildman–Crippen MR) is 75.9 cm³/mol. The molecule has 2 aromatic heterocycles. The Morgan fingerprint density at radius 3 is 2.89 bits per heavy atom. The fourth-order valence-corrected chi connectivity index (χ4v) is 2.16. The molecule has 0 atom stereocenters. The monoisotopic (exact) mass is 318 g/mol. The number of benzene rings is 1. The lowest BCUT2D eigenvalue weighted by Crippen LogP contribution is -2.01. The van der Waals surface area contributed by atoms with Gasteiger partial charge in [-0.3, -0.25) is 4.40 Å². The normalized spacial score (nSPS) is 10.8. The number of nitrogens with zero attached hydrogens (tertiary/aromatic N) is 3. The van der Waals surface area contributed by atoms with E-state index in [1.54, 1.807) is 12.1 Å². The van der Waals surface area contributed by atoms with E-state index in [-0.39, 0.29) is 0 Å². The van der Waals surface area contributed by atoms with Gasteiger partial charge in [0.25, 0.3) is 0 Å². The van der Waals surface area contributed by atoms with Crippen molar-refractivity contribution >= 4 is 27.3 Å². The van der Waals surface area contributed by atoms with Crippen molar-refractivity contribution in [1.29, 1.82) is 0 Å². The first kappa shape index (κ1) is 12.0. The van der Waals surface area contributed by atoms with E-state index in [1.165, 1.54) is 0 Å². The van der Waals surface area contributed by atoms with Crippen molar-refractivity contribution in [2.24, 2.45) is 0 Å². The number of nitrogen functional groups attached to an aromatic ring is 1. The molecule has 0 saturated heterocycles. The molecule has 0 bridgehead atoms. The maximum Gasteiger partial charge on any atom is 0.175 e. The summed E-state index contributed by atoms with van der Waals surface area (Å²) in [5, 5.41) is 8.15. The van der Waals surface area contributed by atoms with E-state index < -0.39 is 0 Å². The van der Waals surface area contributed by atoms with Crippen LogP contribution in [0.2, 0.25) is 0 Å². The first-order chi connectivity index (χ1) is 9.24. The van der Waals surface area contributed by atoms with Gasteiger partial charge >= 0.3 is 0 Å². The molecule has 0 unspecified atom stereocenters. The third kappa shape index (κ3) is 2.39. The quantitative estimate of drug-likeness (QED) is 0.806. The average Bonchev–Trinajstić information content (AvgIpc) is 2.80. The molecule has 0 aliphatic heterocycles. The number of hydrogen-bond acceptors (Lipinski definition) is 4. The van der Waals surface area contributed by atoms with Crippen molar-refractivity contribution in [2.75, 3.05) is 5.73 Å². The number of halogens is 1. The minimum absolute atomic E-state index is 0.341. The number of nitrogens with two attached hydrogens (primary N) is 1. The highest BCUT2D eigenvalue weighted by atomic mass is 79.9. The van der Waals surface area contributed by atoms with Gasteiger partial charge in [-0.1, -0.05) is 12.1 Å². The lowest BCUT2D eigenvalue weighted by atomic mass is 10.3. The number of fused-ring (bicyclic) bond motifs is 1. The van der Waals surface area contributed by atoms with Crippen molar-refractivity contribution in [1.82, 2.24) is 14.6 Å². The van der Waals surface area contributed by atoms with Crippen molar-refractivity contribution in [3.63, 3.8) is 0 Å². The third-order valence-corrected chi connectivity index (χ3v) is 3.35. The van der Waals surface area contributed by atoms with Crippen LogP contribution in [-0.2, 0) is 6.61 Å². The van der Waals surface area contributed by atoms with E-state index in [2.05, 4.69) is 26.1 Å². The number of anilines is 1. The number of hydrogen-bond donors (Lipinski definition) is 1. The zero-order valence-corrected chi connectivity index (χ0v) is 11.5. The summed E-state index contributed by atoms with van der Waals surface area (Å²) in [5.41, 5.74) is 7.08. The Morgan fingerprint density at radius 1 is 1.21 bits per heavy atom. The second-order valence-electron chi connectivity index (χ2n) is 4.02. The van der Waals surface area contributed by atoms with Gasteiger partial charge in [-0.15, -0.1) is 10.2 Å². The van der Waals surface area contributed by atoms with E-state index in [0.717, 1.165) is 16.0 Å². The Bertz CT molecular complexity index is 725. The Hall–Kier alpha value is -2.08. The van der Waals surface area contributed by atoms with E-state index in [4.69, 9.17) is 10.5 Å². The highest BCUT2D eigenvalue weighted by Gasteiger charge is 2.07. The fraction of sp³-hybridized carbons (Fsp3) is 0.0769. The van der Waals surface area contributed by atoms with Crippen LogP contribution >= 0.6 is 15.9 Å². The minimum atomic E-state index is 0.341. The number of pyridine rings is 1. The fourth-order valence-electron chi connectivity index (χ4n) is 1.76. The van der Waals surface area contributed by atoms with Crippen LogP contribution < -0.4 is 10.5 Å². The van der Waals surface area contributed by atoms with Crippen LogP contribution in [0.25, 0.3) is 5.65 Å². The topological polar surface area (TPSA) is 65.4 Å². The van der Waals surface area contributed by atoms with Crippen LogP contribution in [-0.4, -0.2) is 14.6 Å². The number of aromatic nitrogens is 3. The van der Waals surface area contributed by atoms with Crippen LogP contribution in [0.4, 0.5) is 5.69 Å². The molecule has 19 heavy (non-hydrogen) atoms. The number of rotatable bonds is 3. The van der Waals surface area contributed by atoms with Gasteiger partial charge in [0.15, 0.2) is 11.5 Å². The second-order valence-corrected chi connectivity index (χ2v) is 4.88. The van der Waals surface area contributed by atoms with Gasteiger partial charge in [0.2, 0.25) is 0 Å². The molecular formula is C13H11BrN4O. The molecule has 1 aromatic carbocycles. The average molecular weight is 319 g/mol. The van der Waals surface area contributed by atoms with Crippen LogP contribution in [0.3, 0.4) is 0 Å². The van der Waals surface area contributed by atoms with Gasteiger partial charge < -0.3 is 10.5 Å². The van der Waals surface area contributed by atoms with Crippen LogP contribution in [0.1, 0.15) is 5.82 Å². The van der Waals surface area contributed by atoms with Gasteiger partial charge in [0.05, 0.1) is 4.47 Å². The van der Waals surface area contributed by atoms with Gasteiger partial charge in [-0.25, -0.2) is 0 Å². The first-order valence-electron chi connectivity index (χ1n) is 5.70. The molecule has 0 saturated carbocycles. The van der Waals surface area contributed by atoms with Crippen molar-refractivity contribution in [3.05, 3.63) is 52.9 Å². The molecule has 0 aliphatic carbocycles. The highest BCUT2D eigenvalue weighted by Crippen LogP contribution is 2.24. The third-order valence-electron chi connectivity index (χ3n) is 2.70. The van der Waals surface area contributed by atoms with Gasteiger partial charge in [-0.2, -0.15) is 0 Å². The second kappa shape index (κ2) is 4.89. The maximum absolute atomic E-state index is 5.72. The van der Waals surface area contributed by atoms with Crippen LogP contribution in [0.5, 0.6) is 5.75 Å². The summed E-state index contributed by atoms with van der Waals surface area (Å²) >= 11 is 3.44. The van der Waals surface area contributed by atoms with E-state index in [0.29, 0.717) is 17.9 Å². The molecule has 5 nitrogen and oxygen atoms in total. The molecular weight excluding hydrogens is 308 g/mol. The zero-order chi connectivity index (χ0) is 13.2. The summed E-state index contributed by atoms with van der Waals surface area (Å²) in [5.74, 6) is 1.50. The summed E-state index contributed by atoms with van der Waals surface area (Å²) in [4.78, 5) is 0. The summed E-state index contributed by atoms with van der Waals surface area (Å²) < 4.78 is 8.48. The van der Waals surface area contributed by atoms with E-state index >= 15 is 0 Å². The largest absolute Gasteiger partial charge is 0.484 e. The molecule has 0 aliphatic rings. The molecule has 2 N–H and O–H groups in total. The Labute approximate surface area is 118 Å². The Balaban J connectivity index is 1.84. The van der Waals surface area contributed by atoms with E-state index in [1.807, 2.05) is 34.9 Å². The van der Waals surface area contributed by atoms with Gasteiger partial charge in [-0.05, 0) is 34.1 Å². The standard InChI is InChI=1S/C13H11BrN4O/c14-10-3-1-2-4-11(10)19-8-13-17-16-12-7-9(15)5-6-18(12)13/h1-7H,8,15H2. The van der Waals surface area contributed by atoms with Crippen LogP contribution in [0.15, 0.2) is 47.1 Å². The molecule has 0 radical (unpaired) electrons. The minimum Gasteiger partial charge on any atom is -0.484 e. The summed E-state index contributed by atoms with van der Waals surface area (Å²) in [6.07, 6.45) is 1.84. The summed E-state index contributed by atoms with van der Waals surface area (Å²) in [7, 11) is 0. The molecule has 2 heterocycles. The van der Waals surface area contributed by atoms with Crippen molar-refractivity contribution in [3.8, 4) is 5.75 Å². The number of ether oxygens (including phenoxy) is 1. The Morgan fingerprint density at radius 2 is 2.05 bits per heavy atom. The Kier molecular flexibility index (Phi) is 3.08. The van der Waals surface area contributed by atoms with E-state index in [9.17, 15) is 0 Å². The lowest BCUT2D eigenvalue weighted by Gasteiger charge is -2.06. The summed E-state index contributed by atoms with van der Waals surface area (Å²) in [6, 6.07) is 11.3. The SMILES string of the molecule is Nc1ccn2c(COc3ccccc3Br)nnc2c1. The molecule has 0 amide bonds. The molecule has 3 aromatic rings. The molecule has 0 spiro atoms. The van der Waals surface area contributed by atoms with Crippen molar-refractivity contribution in [2.45, 2.75) is 6.61 Å². The highest BCUT2D eigenvalue weighted by molar-refractivity contribution is 9.10. The first-order valence-corrected chi connectivity index (χ1v) is 6.50. The maximum atomic E-state index is 5.72. The lowest BCUT2D eigenvalue weighted by molar-refractivity contribution is 0.292. The molecule has 3 rings (SSSR count). The van der Waals surface area contributed by atoms with Crippen molar-refractivity contribution < 1.29 is 4.74 Å². The molecule has 6 heteroatoms. The summed E-state index contributed by atoms with van der Waals surface area (Å²) in [6.45, 7) is 0.341.